The molecule has 1 aliphatic carbocycles. The van der Waals surface area contributed by atoms with E-state index in [9.17, 15) is 5.26 Å². The standard InChI is InChI=1S/C30H33N2O/c1-18(2)22-13-20(4)32(5)27(16-22)28-19(3)11-12-25-26-15-23(21-9-7-6-8-10-21)14-24(17-31)29(26)33-30(25)28/h11-16,18,21H,6-10H2,1-5H3/q+1/i13D,16D,18D,21D. The van der Waals surface area contributed by atoms with Crippen LogP contribution in [0.15, 0.2) is 40.8 Å². The molecule has 4 aromatic rings. The van der Waals surface area contributed by atoms with E-state index >= 15 is 0 Å². The normalized spacial score (nSPS) is 17.9. The number of benzene rings is 2. The lowest BCUT2D eigenvalue weighted by atomic mass is 9.83. The average molecular weight is 442 g/mol. The zero-order chi connectivity index (χ0) is 26.9. The molecule has 2 aromatic heterocycles. The molecule has 0 atom stereocenters. The van der Waals surface area contributed by atoms with Crippen molar-refractivity contribution < 1.29 is 14.5 Å². The van der Waals surface area contributed by atoms with Gasteiger partial charge in [0.15, 0.2) is 11.3 Å². The third-order valence-corrected chi connectivity index (χ3v) is 7.06. The Hall–Kier alpha value is -3.12. The van der Waals surface area contributed by atoms with Crippen molar-refractivity contribution in [3.63, 3.8) is 0 Å². The Bertz CT molecular complexity index is 1620. The maximum Gasteiger partial charge on any atom is 0.216 e. The van der Waals surface area contributed by atoms with Crippen LogP contribution in [0.2, 0.25) is 0 Å². The van der Waals surface area contributed by atoms with Crippen LogP contribution in [-0.2, 0) is 7.05 Å². The number of nitrogens with zero attached hydrogens (tertiary/aromatic N) is 2. The Morgan fingerprint density at radius 3 is 2.58 bits per heavy atom. The first-order chi connectivity index (χ1) is 17.4. The number of furan rings is 1. The van der Waals surface area contributed by atoms with Gasteiger partial charge in [-0.25, -0.2) is 0 Å². The van der Waals surface area contributed by atoms with Crippen molar-refractivity contribution in [2.45, 2.75) is 71.6 Å². The summed E-state index contributed by atoms with van der Waals surface area (Å²) in [6.07, 6.45) is 4.74. The second kappa shape index (κ2) is 8.34. The monoisotopic (exact) mass is 441 g/mol. The molecule has 0 radical (unpaired) electrons. The van der Waals surface area contributed by atoms with Gasteiger partial charge in [-0.15, -0.1) is 0 Å². The number of fused-ring (bicyclic) bond motifs is 3. The summed E-state index contributed by atoms with van der Waals surface area (Å²) in [6.45, 7) is 7.22. The van der Waals surface area contributed by atoms with E-state index in [-0.39, 0.29) is 12.1 Å². The molecule has 0 aliphatic heterocycles. The molecule has 5 rings (SSSR count). The van der Waals surface area contributed by atoms with Gasteiger partial charge in [-0.05, 0) is 60.4 Å². The number of aromatic nitrogens is 1. The number of nitriles is 1. The van der Waals surface area contributed by atoms with Crippen molar-refractivity contribution in [2.75, 3.05) is 0 Å². The molecule has 3 heteroatoms. The predicted molar refractivity (Wildman–Crippen MR) is 134 cm³/mol. The van der Waals surface area contributed by atoms with Gasteiger partial charge in [0.1, 0.15) is 18.7 Å². The fourth-order valence-electron chi connectivity index (χ4n) is 5.04. The zero-order valence-corrected chi connectivity index (χ0v) is 20.1. The van der Waals surface area contributed by atoms with Gasteiger partial charge in [0.05, 0.1) is 13.9 Å². The molecule has 0 N–H and O–H groups in total. The molecule has 168 valence electrons. The maximum atomic E-state index is 10.0. The molecule has 2 heterocycles. The van der Waals surface area contributed by atoms with Crippen LogP contribution in [0.4, 0.5) is 0 Å². The minimum absolute atomic E-state index is 0.141. The number of hydrogen-bond acceptors (Lipinski definition) is 2. The van der Waals surface area contributed by atoms with Crippen LogP contribution < -0.4 is 4.57 Å². The second-order valence-corrected chi connectivity index (χ2v) is 9.53. The Morgan fingerprint density at radius 1 is 1.12 bits per heavy atom. The highest BCUT2D eigenvalue weighted by molar-refractivity contribution is 6.11. The first-order valence-electron chi connectivity index (χ1n) is 13.8. The maximum absolute atomic E-state index is 10.0. The molecule has 33 heavy (non-hydrogen) atoms. The fourth-order valence-corrected chi connectivity index (χ4v) is 5.04. The molecule has 0 spiro atoms. The topological polar surface area (TPSA) is 40.8 Å². The first-order valence-corrected chi connectivity index (χ1v) is 11.8. The summed E-state index contributed by atoms with van der Waals surface area (Å²) in [7, 11) is 1.84. The molecule has 0 saturated heterocycles. The molecule has 1 fully saturated rings. The molecule has 2 aromatic carbocycles. The number of aryl methyl sites for hydroxylation is 1. The van der Waals surface area contributed by atoms with Gasteiger partial charge >= 0.3 is 0 Å². The SMILES string of the molecule is [2H]c1c(C([2H])(C)C)c([2H])c(-c2c(C)ccc3c2oc2c(C#N)cc(C4([2H])CCCCC4)cc23)[n+](C)c1C. The van der Waals surface area contributed by atoms with E-state index in [1.807, 2.05) is 49.7 Å². The molecular formula is C30H33N2O+. The lowest BCUT2D eigenvalue weighted by Crippen LogP contribution is -2.35. The van der Waals surface area contributed by atoms with E-state index in [0.717, 1.165) is 59.6 Å². The first kappa shape index (κ1) is 17.4. The van der Waals surface area contributed by atoms with Crippen LogP contribution in [0.1, 0.15) is 91.2 Å². The van der Waals surface area contributed by atoms with Gasteiger partial charge in [-0.2, -0.15) is 9.83 Å². The number of pyridine rings is 1. The molecule has 0 bridgehead atoms. The fraction of sp³-hybridized carbons (Fsp3) is 0.400. The van der Waals surface area contributed by atoms with Crippen molar-refractivity contribution in [1.29, 1.82) is 5.26 Å². The molecular weight excluding hydrogens is 404 g/mol. The van der Waals surface area contributed by atoms with E-state index in [1.165, 1.54) is 0 Å². The third-order valence-electron chi connectivity index (χ3n) is 7.06. The highest BCUT2D eigenvalue weighted by Crippen LogP contribution is 2.41. The summed E-state index contributed by atoms with van der Waals surface area (Å²) in [5.74, 6) is -1.82. The third kappa shape index (κ3) is 3.62. The van der Waals surface area contributed by atoms with Crippen LogP contribution in [0.3, 0.4) is 0 Å². The number of rotatable bonds is 3. The molecule has 3 nitrogen and oxygen atoms in total. The highest BCUT2D eigenvalue weighted by Gasteiger charge is 2.25. The summed E-state index contributed by atoms with van der Waals surface area (Å²) in [6, 6.07) is 10.5. The van der Waals surface area contributed by atoms with Gasteiger partial charge < -0.3 is 4.42 Å². The van der Waals surface area contributed by atoms with Crippen LogP contribution >= 0.6 is 0 Å². The summed E-state index contributed by atoms with van der Waals surface area (Å²) >= 11 is 0. The van der Waals surface area contributed by atoms with E-state index in [0.29, 0.717) is 33.7 Å². The average Bonchev–Trinajstić information content (AvgIpc) is 3.22. The van der Waals surface area contributed by atoms with Gasteiger partial charge in [-0.3, -0.25) is 0 Å². The van der Waals surface area contributed by atoms with Crippen LogP contribution in [0.25, 0.3) is 33.2 Å². The molecule has 0 amide bonds. The van der Waals surface area contributed by atoms with Crippen LogP contribution in [0.5, 0.6) is 0 Å². The minimum Gasteiger partial charge on any atom is -0.454 e. The summed E-state index contributed by atoms with van der Waals surface area (Å²) in [5.41, 5.74) is 5.64. The zero-order valence-electron chi connectivity index (χ0n) is 24.1. The van der Waals surface area contributed by atoms with Crippen molar-refractivity contribution in [1.82, 2.24) is 0 Å². The van der Waals surface area contributed by atoms with Crippen LogP contribution in [-0.4, -0.2) is 0 Å². The van der Waals surface area contributed by atoms with Crippen LogP contribution in [0, 0.1) is 25.2 Å². The Morgan fingerprint density at radius 2 is 1.88 bits per heavy atom. The van der Waals surface area contributed by atoms with E-state index < -0.39 is 11.8 Å². The summed E-state index contributed by atoms with van der Waals surface area (Å²) in [4.78, 5) is 0. The van der Waals surface area contributed by atoms with Crippen molar-refractivity contribution >= 4 is 21.9 Å². The lowest BCUT2D eigenvalue weighted by Gasteiger charge is -2.22. The Labute approximate surface area is 202 Å². The van der Waals surface area contributed by atoms with Gasteiger partial charge in [0.25, 0.3) is 0 Å². The van der Waals surface area contributed by atoms with E-state index in [2.05, 4.69) is 6.07 Å². The molecule has 1 saturated carbocycles. The number of hydrogen-bond donors (Lipinski definition) is 0. The quantitative estimate of drug-likeness (QED) is 0.305. The van der Waals surface area contributed by atoms with E-state index in [1.54, 1.807) is 13.8 Å². The summed E-state index contributed by atoms with van der Waals surface area (Å²) in [5, 5.41) is 11.7. The highest BCUT2D eigenvalue weighted by atomic mass is 16.3. The lowest BCUT2D eigenvalue weighted by molar-refractivity contribution is -0.666. The molecule has 0 unspecified atom stereocenters. The van der Waals surface area contributed by atoms with Crippen molar-refractivity contribution in [3.05, 3.63) is 64.3 Å². The Kier molecular flexibility index (Phi) is 4.39. The largest absolute Gasteiger partial charge is 0.454 e. The predicted octanol–water partition coefficient (Wildman–Crippen LogP) is 7.74. The van der Waals surface area contributed by atoms with Crippen molar-refractivity contribution in [3.8, 4) is 17.3 Å². The van der Waals surface area contributed by atoms with Gasteiger partial charge in [0.2, 0.25) is 5.69 Å². The summed E-state index contributed by atoms with van der Waals surface area (Å²) < 4.78 is 43.9. The Balaban J connectivity index is 1.88. The molecule has 1 aliphatic rings. The minimum atomic E-state index is -1.12. The van der Waals surface area contributed by atoms with Crippen molar-refractivity contribution in [2.24, 2.45) is 7.05 Å². The van der Waals surface area contributed by atoms with Gasteiger partial charge in [0, 0.05) is 32.5 Å². The van der Waals surface area contributed by atoms with Gasteiger partial charge in [-0.1, -0.05) is 45.2 Å². The second-order valence-electron chi connectivity index (χ2n) is 9.53. The smallest absolute Gasteiger partial charge is 0.216 e. The van der Waals surface area contributed by atoms with E-state index in [4.69, 9.17) is 9.90 Å².